The van der Waals surface area contributed by atoms with Gasteiger partial charge in [-0.25, -0.2) is 0 Å². The zero-order chi connectivity index (χ0) is 10.3. The van der Waals surface area contributed by atoms with Gasteiger partial charge in [-0.3, -0.25) is 4.79 Å². The van der Waals surface area contributed by atoms with Crippen LogP contribution in [0.15, 0.2) is 30.3 Å². The highest BCUT2D eigenvalue weighted by Crippen LogP contribution is 2.48. The van der Waals surface area contributed by atoms with Crippen LogP contribution >= 0.6 is 0 Å². The fraction of sp³-hybridized carbons (Fsp3) is 0.462. The highest BCUT2D eigenvalue weighted by atomic mass is 16.6. The molecule has 1 aliphatic heterocycles. The van der Waals surface area contributed by atoms with Crippen LogP contribution in [0.25, 0.3) is 0 Å². The average Bonchev–Trinajstić information content (AvgIpc) is 2.95. The fourth-order valence-corrected chi connectivity index (χ4v) is 2.61. The number of rotatable bonds is 2. The van der Waals surface area contributed by atoms with Crippen LogP contribution in [0.5, 0.6) is 0 Å². The van der Waals surface area contributed by atoms with Crippen LogP contribution in [0, 0.1) is 0 Å². The molecule has 0 N–H and O–H groups in total. The Morgan fingerprint density at radius 1 is 1.33 bits per heavy atom. The van der Waals surface area contributed by atoms with Crippen molar-refractivity contribution < 1.29 is 9.53 Å². The van der Waals surface area contributed by atoms with E-state index in [1.165, 1.54) is 5.56 Å². The van der Waals surface area contributed by atoms with Crippen LogP contribution in [0.4, 0.5) is 0 Å². The normalized spacial score (nSPS) is 33.6. The lowest BCUT2D eigenvalue weighted by molar-refractivity contribution is -0.120. The summed E-state index contributed by atoms with van der Waals surface area (Å²) in [4.78, 5) is 11.5. The summed E-state index contributed by atoms with van der Waals surface area (Å²) < 4.78 is 5.63. The maximum Gasteiger partial charge on any atom is 0.164 e. The smallest absolute Gasteiger partial charge is 0.164 e. The molecule has 78 valence electrons. The topological polar surface area (TPSA) is 29.6 Å². The Morgan fingerprint density at radius 2 is 2.13 bits per heavy atom. The van der Waals surface area contributed by atoms with E-state index in [4.69, 9.17) is 4.74 Å². The van der Waals surface area contributed by atoms with E-state index in [1.807, 2.05) is 18.2 Å². The van der Waals surface area contributed by atoms with Gasteiger partial charge in [0.2, 0.25) is 0 Å². The van der Waals surface area contributed by atoms with E-state index in [0.29, 0.717) is 12.2 Å². The summed E-state index contributed by atoms with van der Waals surface area (Å²) in [6, 6.07) is 10.3. The molecule has 2 heteroatoms. The molecule has 1 aliphatic carbocycles. The fourth-order valence-electron chi connectivity index (χ4n) is 2.61. The van der Waals surface area contributed by atoms with Gasteiger partial charge < -0.3 is 4.74 Å². The molecule has 1 saturated heterocycles. The summed E-state index contributed by atoms with van der Waals surface area (Å²) in [5, 5.41) is 0. The molecular formula is C13H14O2. The van der Waals surface area contributed by atoms with E-state index in [-0.39, 0.29) is 11.7 Å². The van der Waals surface area contributed by atoms with Crippen molar-refractivity contribution in [3.8, 4) is 0 Å². The monoisotopic (exact) mass is 202 g/mol. The van der Waals surface area contributed by atoms with Gasteiger partial charge in [-0.2, -0.15) is 0 Å². The van der Waals surface area contributed by atoms with E-state index in [2.05, 4.69) is 12.1 Å². The second-order valence-electron chi connectivity index (χ2n) is 4.54. The molecule has 0 amide bonds. The number of carbonyl (C=O) groups excluding carboxylic acids is 1. The summed E-state index contributed by atoms with van der Waals surface area (Å²) in [7, 11) is 0. The molecule has 0 unspecified atom stereocenters. The molecular weight excluding hydrogens is 188 g/mol. The number of ketones is 1. The van der Waals surface area contributed by atoms with E-state index >= 15 is 0 Å². The molecule has 0 radical (unpaired) electrons. The Morgan fingerprint density at radius 3 is 2.93 bits per heavy atom. The van der Waals surface area contributed by atoms with Gasteiger partial charge >= 0.3 is 0 Å². The van der Waals surface area contributed by atoms with Crippen molar-refractivity contribution in [2.45, 2.75) is 37.4 Å². The van der Waals surface area contributed by atoms with Gasteiger partial charge in [-0.05, 0) is 18.4 Å². The number of Topliss-reactive ketones (excluding diaryl/α,β-unsaturated/α-hetero) is 1. The van der Waals surface area contributed by atoms with Crippen molar-refractivity contribution >= 4 is 5.78 Å². The average molecular weight is 202 g/mol. The van der Waals surface area contributed by atoms with Crippen LogP contribution < -0.4 is 0 Å². The molecule has 2 aliphatic rings. The quantitative estimate of drug-likeness (QED) is 0.687. The van der Waals surface area contributed by atoms with Crippen LogP contribution in [0.1, 0.15) is 24.8 Å². The molecule has 0 bridgehead atoms. The van der Waals surface area contributed by atoms with Crippen LogP contribution in [-0.4, -0.2) is 17.5 Å². The lowest BCUT2D eigenvalue weighted by Gasteiger charge is -2.16. The molecule has 1 aromatic carbocycles. The third kappa shape index (κ3) is 1.49. The molecule has 1 saturated carbocycles. The van der Waals surface area contributed by atoms with Gasteiger partial charge in [0.25, 0.3) is 0 Å². The summed E-state index contributed by atoms with van der Waals surface area (Å²) >= 11 is 0. The van der Waals surface area contributed by atoms with Gasteiger partial charge in [-0.1, -0.05) is 30.3 Å². The number of hydrogen-bond acceptors (Lipinski definition) is 2. The zero-order valence-electron chi connectivity index (χ0n) is 8.61. The maximum absolute atomic E-state index is 11.5. The lowest BCUT2D eigenvalue weighted by Crippen LogP contribution is -2.28. The number of ether oxygens (including phenoxy) is 1. The predicted molar refractivity (Wildman–Crippen MR) is 56.6 cm³/mol. The van der Waals surface area contributed by atoms with Crippen molar-refractivity contribution in [2.24, 2.45) is 0 Å². The van der Waals surface area contributed by atoms with Crippen molar-refractivity contribution in [3.63, 3.8) is 0 Å². The number of carbonyl (C=O) groups is 1. The molecule has 15 heavy (non-hydrogen) atoms. The molecule has 2 atom stereocenters. The summed E-state index contributed by atoms with van der Waals surface area (Å²) in [6.07, 6.45) is 3.54. The minimum absolute atomic E-state index is 0.0912. The first-order chi connectivity index (χ1) is 7.30. The third-order valence-electron chi connectivity index (χ3n) is 3.43. The Balaban J connectivity index is 1.77. The molecule has 0 spiro atoms. The molecule has 2 fully saturated rings. The number of benzene rings is 1. The first-order valence-electron chi connectivity index (χ1n) is 5.55. The highest BCUT2D eigenvalue weighted by Gasteiger charge is 2.61. The van der Waals surface area contributed by atoms with Crippen molar-refractivity contribution in [1.29, 1.82) is 0 Å². The highest BCUT2D eigenvalue weighted by molar-refractivity contribution is 5.88. The van der Waals surface area contributed by atoms with E-state index in [0.717, 1.165) is 19.3 Å². The minimum Gasteiger partial charge on any atom is -0.357 e. The standard InChI is InChI=1S/C13H14O2/c14-11-7-4-8-13(12(11)15-13)9-10-5-2-1-3-6-10/h1-3,5-6,12H,4,7-9H2/t12-,13-/m0/s1. The lowest BCUT2D eigenvalue weighted by atomic mass is 9.84. The second kappa shape index (κ2) is 3.17. The summed E-state index contributed by atoms with van der Waals surface area (Å²) in [6.45, 7) is 0. The molecule has 3 rings (SSSR count). The van der Waals surface area contributed by atoms with Crippen molar-refractivity contribution in [3.05, 3.63) is 35.9 Å². The Kier molecular flexibility index (Phi) is 1.93. The molecule has 2 nitrogen and oxygen atoms in total. The third-order valence-corrected chi connectivity index (χ3v) is 3.43. The Labute approximate surface area is 89.2 Å². The summed E-state index contributed by atoms with van der Waals surface area (Å²) in [5.41, 5.74) is 1.14. The largest absolute Gasteiger partial charge is 0.357 e. The maximum atomic E-state index is 11.5. The van der Waals surface area contributed by atoms with Gasteiger partial charge in [-0.15, -0.1) is 0 Å². The van der Waals surface area contributed by atoms with Gasteiger partial charge in [0.15, 0.2) is 5.78 Å². The summed E-state index contributed by atoms with van der Waals surface area (Å²) in [5.74, 6) is 0.303. The van der Waals surface area contributed by atoms with Crippen LogP contribution in [0.3, 0.4) is 0 Å². The molecule has 1 aromatic rings. The van der Waals surface area contributed by atoms with Crippen molar-refractivity contribution in [1.82, 2.24) is 0 Å². The van der Waals surface area contributed by atoms with Gasteiger partial charge in [0.05, 0.1) is 0 Å². The SMILES string of the molecule is O=C1CCC[C@@]2(Cc3ccccc3)O[C@@H]12. The van der Waals surface area contributed by atoms with Crippen LogP contribution in [0.2, 0.25) is 0 Å². The predicted octanol–water partition coefficient (Wildman–Crippen LogP) is 2.12. The van der Waals surface area contributed by atoms with Crippen LogP contribution in [-0.2, 0) is 16.0 Å². The number of epoxide rings is 1. The molecule has 0 aromatic heterocycles. The first-order valence-corrected chi connectivity index (χ1v) is 5.55. The van der Waals surface area contributed by atoms with Gasteiger partial charge in [0, 0.05) is 12.8 Å². The van der Waals surface area contributed by atoms with Gasteiger partial charge in [0.1, 0.15) is 11.7 Å². The number of hydrogen-bond donors (Lipinski definition) is 0. The van der Waals surface area contributed by atoms with E-state index in [1.54, 1.807) is 0 Å². The molecule has 1 heterocycles. The first kappa shape index (κ1) is 9.10. The van der Waals surface area contributed by atoms with E-state index < -0.39 is 0 Å². The van der Waals surface area contributed by atoms with Crippen molar-refractivity contribution in [2.75, 3.05) is 0 Å². The zero-order valence-corrected chi connectivity index (χ0v) is 8.61. The Hall–Kier alpha value is -1.15. The van der Waals surface area contributed by atoms with E-state index in [9.17, 15) is 4.79 Å². The Bertz CT molecular complexity index is 385. The number of fused-ring (bicyclic) bond motifs is 1. The minimum atomic E-state index is -0.128. The second-order valence-corrected chi connectivity index (χ2v) is 4.54.